The highest BCUT2D eigenvalue weighted by molar-refractivity contribution is 5.89. The number of aromatic nitrogens is 1. The molecule has 1 atom stereocenters. The lowest BCUT2D eigenvalue weighted by Crippen LogP contribution is -2.31. The molecule has 2 heterocycles. The van der Waals surface area contributed by atoms with Crippen LogP contribution >= 0.6 is 0 Å². The second-order valence-electron chi connectivity index (χ2n) is 4.28. The third-order valence-electron chi connectivity index (χ3n) is 2.86. The van der Waals surface area contributed by atoms with Gasteiger partial charge in [0, 0.05) is 25.7 Å². The lowest BCUT2D eigenvalue weighted by molar-refractivity contribution is -0.126. The first-order valence-corrected chi connectivity index (χ1v) is 5.79. The molecule has 1 aliphatic heterocycles. The molecule has 1 aliphatic rings. The maximum absolute atomic E-state index is 11.7. The Morgan fingerprint density at radius 3 is 2.79 bits per heavy atom. The summed E-state index contributed by atoms with van der Waals surface area (Å²) in [5.74, 6) is -1.74. The molecule has 1 fully saturated rings. The largest absolute Gasteiger partial charge is 0.477 e. The van der Waals surface area contributed by atoms with E-state index in [-0.39, 0.29) is 36.4 Å². The summed E-state index contributed by atoms with van der Waals surface area (Å²) < 4.78 is 0. The second-order valence-corrected chi connectivity index (χ2v) is 4.28. The molecule has 19 heavy (non-hydrogen) atoms. The molecule has 100 valence electrons. The highest BCUT2D eigenvalue weighted by Crippen LogP contribution is 2.09. The van der Waals surface area contributed by atoms with Gasteiger partial charge in [0.05, 0.1) is 5.92 Å². The molecule has 0 radical (unpaired) electrons. The summed E-state index contributed by atoms with van der Waals surface area (Å²) >= 11 is 0. The number of pyridine rings is 1. The van der Waals surface area contributed by atoms with Crippen molar-refractivity contribution in [2.75, 3.05) is 6.54 Å². The van der Waals surface area contributed by atoms with Gasteiger partial charge in [0.25, 0.3) is 0 Å². The van der Waals surface area contributed by atoms with Gasteiger partial charge in [0.1, 0.15) is 5.69 Å². The molecule has 7 nitrogen and oxygen atoms in total. The monoisotopic (exact) mass is 263 g/mol. The molecule has 7 heteroatoms. The number of aromatic carboxylic acids is 1. The number of carbonyl (C=O) groups excluding carboxylic acids is 2. The number of carbonyl (C=O) groups is 3. The number of nitrogens with one attached hydrogen (secondary N) is 2. The lowest BCUT2D eigenvalue weighted by atomic mass is 10.1. The molecular formula is C12H13N3O4. The van der Waals surface area contributed by atoms with Crippen molar-refractivity contribution in [2.24, 2.45) is 5.92 Å². The van der Waals surface area contributed by atoms with Gasteiger partial charge in [-0.3, -0.25) is 9.59 Å². The van der Waals surface area contributed by atoms with E-state index in [0.29, 0.717) is 12.1 Å². The molecule has 2 rings (SSSR count). The van der Waals surface area contributed by atoms with Gasteiger partial charge in [-0.15, -0.1) is 0 Å². The number of amides is 2. The molecule has 2 amide bonds. The zero-order chi connectivity index (χ0) is 13.8. The van der Waals surface area contributed by atoms with Crippen LogP contribution in [0, 0.1) is 5.92 Å². The molecule has 0 aliphatic carbocycles. The summed E-state index contributed by atoms with van der Waals surface area (Å²) in [7, 11) is 0. The van der Waals surface area contributed by atoms with E-state index >= 15 is 0 Å². The number of hydrogen-bond acceptors (Lipinski definition) is 4. The Kier molecular flexibility index (Phi) is 3.74. The molecule has 1 aromatic heterocycles. The fraction of sp³-hybridized carbons (Fsp3) is 0.333. The van der Waals surface area contributed by atoms with Crippen molar-refractivity contribution in [1.29, 1.82) is 0 Å². The van der Waals surface area contributed by atoms with Crippen LogP contribution in [0.3, 0.4) is 0 Å². The second kappa shape index (κ2) is 5.47. The van der Waals surface area contributed by atoms with Crippen LogP contribution < -0.4 is 10.6 Å². The van der Waals surface area contributed by atoms with E-state index in [1.54, 1.807) is 6.07 Å². The minimum atomic E-state index is -1.09. The van der Waals surface area contributed by atoms with Crippen LogP contribution in [0.5, 0.6) is 0 Å². The number of rotatable bonds is 4. The quantitative estimate of drug-likeness (QED) is 0.680. The van der Waals surface area contributed by atoms with Gasteiger partial charge < -0.3 is 15.7 Å². The molecule has 3 N–H and O–H groups in total. The number of carboxylic acid groups (broad SMARTS) is 1. The zero-order valence-electron chi connectivity index (χ0n) is 10.0. The summed E-state index contributed by atoms with van der Waals surface area (Å²) in [6, 6.07) is 2.97. The normalized spacial score (nSPS) is 17.9. The van der Waals surface area contributed by atoms with Crippen LogP contribution in [0.15, 0.2) is 18.3 Å². The smallest absolute Gasteiger partial charge is 0.354 e. The fourth-order valence-electron chi connectivity index (χ4n) is 1.78. The van der Waals surface area contributed by atoms with Crippen molar-refractivity contribution in [3.05, 3.63) is 29.6 Å². The third kappa shape index (κ3) is 3.27. The lowest BCUT2D eigenvalue weighted by Gasteiger charge is -2.08. The summed E-state index contributed by atoms with van der Waals surface area (Å²) in [6.07, 6.45) is 1.61. The SMILES string of the molecule is O=C1CC(C(=O)NCc2ccc(C(=O)O)nc2)CN1. The first kappa shape index (κ1) is 13.0. The molecular weight excluding hydrogens is 250 g/mol. The van der Waals surface area contributed by atoms with Gasteiger partial charge in [-0.25, -0.2) is 9.78 Å². The van der Waals surface area contributed by atoms with Gasteiger partial charge in [0.2, 0.25) is 11.8 Å². The Bertz CT molecular complexity index is 512. The minimum Gasteiger partial charge on any atom is -0.477 e. The van der Waals surface area contributed by atoms with E-state index in [9.17, 15) is 14.4 Å². The third-order valence-corrected chi connectivity index (χ3v) is 2.86. The molecule has 1 unspecified atom stereocenters. The maximum Gasteiger partial charge on any atom is 0.354 e. The van der Waals surface area contributed by atoms with Crippen molar-refractivity contribution >= 4 is 17.8 Å². The maximum atomic E-state index is 11.7. The summed E-state index contributed by atoms with van der Waals surface area (Å²) in [4.78, 5) is 37.1. The van der Waals surface area contributed by atoms with E-state index in [2.05, 4.69) is 15.6 Å². The standard InChI is InChI=1S/C12H13N3O4/c16-10-3-8(6-14-10)11(17)15-5-7-1-2-9(12(18)19)13-4-7/h1-2,4,8H,3,5-6H2,(H,14,16)(H,15,17)(H,18,19). The van der Waals surface area contributed by atoms with E-state index in [1.165, 1.54) is 12.3 Å². The van der Waals surface area contributed by atoms with Crippen molar-refractivity contribution in [3.8, 4) is 0 Å². The fourth-order valence-corrected chi connectivity index (χ4v) is 1.78. The van der Waals surface area contributed by atoms with Crippen molar-refractivity contribution in [1.82, 2.24) is 15.6 Å². The van der Waals surface area contributed by atoms with Crippen LogP contribution in [0.1, 0.15) is 22.5 Å². The van der Waals surface area contributed by atoms with Crippen LogP contribution in [0.2, 0.25) is 0 Å². The first-order chi connectivity index (χ1) is 9.06. The topological polar surface area (TPSA) is 108 Å². The molecule has 1 saturated heterocycles. The molecule has 0 aromatic carbocycles. The Labute approximate surface area is 109 Å². The van der Waals surface area contributed by atoms with Gasteiger partial charge >= 0.3 is 5.97 Å². The Balaban J connectivity index is 1.86. The van der Waals surface area contributed by atoms with Crippen molar-refractivity contribution < 1.29 is 19.5 Å². The molecule has 0 saturated carbocycles. The summed E-state index contributed by atoms with van der Waals surface area (Å²) in [5, 5.41) is 14.0. The molecule has 0 spiro atoms. The van der Waals surface area contributed by atoms with E-state index in [1.807, 2.05) is 0 Å². The summed E-state index contributed by atoms with van der Waals surface area (Å²) in [5.41, 5.74) is 0.663. The highest BCUT2D eigenvalue weighted by Gasteiger charge is 2.27. The van der Waals surface area contributed by atoms with Gasteiger partial charge in [0.15, 0.2) is 0 Å². The zero-order valence-corrected chi connectivity index (χ0v) is 10.0. The number of hydrogen-bond donors (Lipinski definition) is 3. The first-order valence-electron chi connectivity index (χ1n) is 5.79. The highest BCUT2D eigenvalue weighted by atomic mass is 16.4. The minimum absolute atomic E-state index is 0.0410. The predicted octanol–water partition coefficient (Wildman–Crippen LogP) is -0.468. The van der Waals surface area contributed by atoms with Gasteiger partial charge in [-0.1, -0.05) is 6.07 Å². The van der Waals surface area contributed by atoms with Crippen LogP contribution in [-0.4, -0.2) is 34.4 Å². The predicted molar refractivity (Wildman–Crippen MR) is 64.2 cm³/mol. The average Bonchev–Trinajstić information content (AvgIpc) is 2.83. The van der Waals surface area contributed by atoms with Crippen LogP contribution in [0.4, 0.5) is 0 Å². The van der Waals surface area contributed by atoms with Crippen LogP contribution in [0.25, 0.3) is 0 Å². The Morgan fingerprint density at radius 1 is 1.47 bits per heavy atom. The van der Waals surface area contributed by atoms with E-state index in [0.717, 1.165) is 0 Å². The van der Waals surface area contributed by atoms with Crippen molar-refractivity contribution in [3.63, 3.8) is 0 Å². The van der Waals surface area contributed by atoms with Gasteiger partial charge in [-0.2, -0.15) is 0 Å². The van der Waals surface area contributed by atoms with Gasteiger partial charge in [-0.05, 0) is 11.6 Å². The Hall–Kier alpha value is -2.44. The molecule has 1 aromatic rings. The number of nitrogens with zero attached hydrogens (tertiary/aromatic N) is 1. The van der Waals surface area contributed by atoms with E-state index < -0.39 is 5.97 Å². The number of carboxylic acids is 1. The summed E-state index contributed by atoms with van der Waals surface area (Å²) in [6.45, 7) is 0.622. The average molecular weight is 263 g/mol. The van der Waals surface area contributed by atoms with Crippen molar-refractivity contribution in [2.45, 2.75) is 13.0 Å². The van der Waals surface area contributed by atoms with E-state index in [4.69, 9.17) is 5.11 Å². The Morgan fingerprint density at radius 2 is 2.26 bits per heavy atom. The molecule has 0 bridgehead atoms. The van der Waals surface area contributed by atoms with Crippen LogP contribution in [-0.2, 0) is 16.1 Å².